The average Bonchev–Trinajstić information content (AvgIpc) is 3.41. The molecule has 0 aliphatic rings. The lowest BCUT2D eigenvalue weighted by Crippen LogP contribution is -2.16. The number of unbranched alkanes of at least 4 members (excludes halogenated alkanes) is 16. The van der Waals surface area contributed by atoms with E-state index in [0.29, 0.717) is 158 Å². The first-order valence-corrected chi connectivity index (χ1v) is 29.5. The molecule has 0 saturated heterocycles. The van der Waals surface area contributed by atoms with Crippen LogP contribution in [0, 0.1) is 0 Å². The predicted molar refractivity (Wildman–Crippen MR) is 300 cm³/mol. The second-order valence-electron chi connectivity index (χ2n) is 18.1. The van der Waals surface area contributed by atoms with Crippen LogP contribution >= 0.6 is 0 Å². The molecule has 0 heterocycles. The Kier molecular flexibility index (Phi) is 65.3. The molecule has 15 nitrogen and oxygen atoms in total. The van der Waals surface area contributed by atoms with Gasteiger partial charge in [0.25, 0.3) is 0 Å². The van der Waals surface area contributed by atoms with Gasteiger partial charge in [-0.3, -0.25) is 9.59 Å². The molecule has 0 spiro atoms. The molecule has 0 rings (SSSR count). The normalized spacial score (nSPS) is 12.0. The van der Waals surface area contributed by atoms with Gasteiger partial charge in [-0.15, -0.1) is 0 Å². The molecule has 0 aromatic heterocycles. The van der Waals surface area contributed by atoms with Gasteiger partial charge in [0, 0.05) is 12.8 Å². The van der Waals surface area contributed by atoms with Crippen molar-refractivity contribution in [2.24, 2.45) is 0 Å². The second kappa shape index (κ2) is 67.6. The molecule has 0 aliphatic heterocycles. The van der Waals surface area contributed by atoms with Crippen LogP contribution in [-0.4, -0.2) is 171 Å². The first-order valence-electron chi connectivity index (χ1n) is 29.5. The molecule has 440 valence electrons. The lowest BCUT2D eigenvalue weighted by Gasteiger charge is -2.09. The smallest absolute Gasteiger partial charge is 0.305 e. The molecule has 0 atom stereocenters. The molecular formula is C60H110O15. The Bertz CT molecular complexity index is 1150. The Morgan fingerprint density at radius 3 is 0.680 bits per heavy atom. The van der Waals surface area contributed by atoms with Crippen molar-refractivity contribution >= 4 is 11.9 Å². The van der Waals surface area contributed by atoms with Crippen LogP contribution in [0.1, 0.15) is 168 Å². The van der Waals surface area contributed by atoms with E-state index in [1.54, 1.807) is 0 Å². The van der Waals surface area contributed by atoms with Gasteiger partial charge in [-0.1, -0.05) is 127 Å². The number of rotatable bonds is 64. The zero-order valence-corrected chi connectivity index (χ0v) is 47.7. The topological polar surface area (TPSA) is 154 Å². The van der Waals surface area contributed by atoms with Crippen molar-refractivity contribution in [1.29, 1.82) is 0 Å². The molecule has 0 radical (unpaired) electrons. The third kappa shape index (κ3) is 67.5. The number of hydrogen-bond donors (Lipinski definition) is 0. The highest BCUT2D eigenvalue weighted by Crippen LogP contribution is 2.10. The molecule has 0 unspecified atom stereocenters. The summed E-state index contributed by atoms with van der Waals surface area (Å²) in [6.45, 7) is 15.3. The Morgan fingerprint density at radius 2 is 0.440 bits per heavy atom. The fraction of sp³-hybridized carbons (Fsp3) is 0.833. The summed E-state index contributed by atoms with van der Waals surface area (Å²) in [5.41, 5.74) is 0. The summed E-state index contributed by atoms with van der Waals surface area (Å²) in [6.07, 6.45) is 44.8. The van der Waals surface area contributed by atoms with Crippen molar-refractivity contribution in [2.45, 2.75) is 168 Å². The third-order valence-corrected chi connectivity index (χ3v) is 11.4. The maximum absolute atomic E-state index is 11.9. The minimum atomic E-state index is -0.151. The zero-order valence-electron chi connectivity index (χ0n) is 47.7. The molecule has 0 N–H and O–H groups in total. The molecule has 0 amide bonds. The van der Waals surface area contributed by atoms with Gasteiger partial charge >= 0.3 is 11.9 Å². The van der Waals surface area contributed by atoms with Crippen LogP contribution in [0.4, 0.5) is 0 Å². The van der Waals surface area contributed by atoms with Crippen molar-refractivity contribution in [1.82, 2.24) is 0 Å². The highest BCUT2D eigenvalue weighted by Gasteiger charge is 2.05. The monoisotopic (exact) mass is 1070 g/mol. The lowest BCUT2D eigenvalue weighted by atomic mass is 10.1. The van der Waals surface area contributed by atoms with Gasteiger partial charge in [-0.05, 0) is 77.0 Å². The number of allylic oxidation sites excluding steroid dienone is 8. The molecule has 0 aromatic rings. The summed E-state index contributed by atoms with van der Waals surface area (Å²) >= 11 is 0. The minimum Gasteiger partial charge on any atom is -0.463 e. The van der Waals surface area contributed by atoms with E-state index in [1.165, 1.54) is 77.0 Å². The molecule has 0 aliphatic carbocycles. The van der Waals surface area contributed by atoms with Crippen molar-refractivity contribution in [3.05, 3.63) is 48.6 Å². The summed E-state index contributed by atoms with van der Waals surface area (Å²) in [7, 11) is 0. The highest BCUT2D eigenvalue weighted by molar-refractivity contribution is 5.69. The quantitative estimate of drug-likeness (QED) is 0.0322. The van der Waals surface area contributed by atoms with E-state index in [2.05, 4.69) is 62.5 Å². The van der Waals surface area contributed by atoms with Crippen molar-refractivity contribution in [2.75, 3.05) is 159 Å². The number of carbonyl (C=O) groups excluding carboxylic acids is 2. The SMILES string of the molecule is CCCCC/C=C/C/C=C/CCCCCCCC(=O)OCCOCCOCCOCCOCCOCCOCCOCCOCCOCCOCCOCCOC(=O)CCCCCCC/C=C/C/C=C/CCCCC. The van der Waals surface area contributed by atoms with E-state index in [1.807, 2.05) is 0 Å². The van der Waals surface area contributed by atoms with Gasteiger partial charge in [0.05, 0.1) is 145 Å². The van der Waals surface area contributed by atoms with Crippen LogP contribution in [0.15, 0.2) is 48.6 Å². The number of hydrogen-bond acceptors (Lipinski definition) is 15. The number of esters is 2. The van der Waals surface area contributed by atoms with E-state index in [4.69, 9.17) is 61.6 Å². The van der Waals surface area contributed by atoms with Gasteiger partial charge in [0.15, 0.2) is 0 Å². The predicted octanol–water partition coefficient (Wildman–Crippen LogP) is 11.9. The van der Waals surface area contributed by atoms with E-state index < -0.39 is 0 Å². The van der Waals surface area contributed by atoms with Crippen molar-refractivity contribution in [3.63, 3.8) is 0 Å². The molecule has 0 bridgehead atoms. The minimum absolute atomic E-state index is 0.151. The van der Waals surface area contributed by atoms with Gasteiger partial charge < -0.3 is 61.6 Å². The average molecular weight is 1070 g/mol. The van der Waals surface area contributed by atoms with Crippen LogP contribution in [-0.2, 0) is 71.2 Å². The lowest BCUT2D eigenvalue weighted by molar-refractivity contribution is -0.146. The summed E-state index contributed by atoms with van der Waals surface area (Å²) in [5.74, 6) is -0.302. The first-order chi connectivity index (χ1) is 37.2. The fourth-order valence-corrected chi connectivity index (χ4v) is 7.04. The Balaban J connectivity index is 3.20. The van der Waals surface area contributed by atoms with Crippen molar-refractivity contribution in [3.8, 4) is 0 Å². The highest BCUT2D eigenvalue weighted by atomic mass is 16.6. The molecule has 0 saturated carbocycles. The van der Waals surface area contributed by atoms with Crippen LogP contribution in [0.5, 0.6) is 0 Å². The zero-order chi connectivity index (χ0) is 53.9. The summed E-state index contributed by atoms with van der Waals surface area (Å²) in [4.78, 5) is 23.9. The number of carbonyl (C=O) groups is 2. The fourth-order valence-electron chi connectivity index (χ4n) is 7.04. The van der Waals surface area contributed by atoms with Gasteiger partial charge in [0.2, 0.25) is 0 Å². The Morgan fingerprint density at radius 1 is 0.240 bits per heavy atom. The van der Waals surface area contributed by atoms with Crippen LogP contribution < -0.4 is 0 Å². The molecular weight excluding hydrogens is 961 g/mol. The van der Waals surface area contributed by atoms with Crippen molar-refractivity contribution < 1.29 is 71.2 Å². The molecule has 15 heteroatoms. The van der Waals surface area contributed by atoms with Gasteiger partial charge in [0.1, 0.15) is 13.2 Å². The second-order valence-corrected chi connectivity index (χ2v) is 18.1. The third-order valence-electron chi connectivity index (χ3n) is 11.4. The maximum atomic E-state index is 11.9. The Hall–Kier alpha value is -2.54. The summed E-state index contributed by atoms with van der Waals surface area (Å²) in [5, 5.41) is 0. The molecule has 0 fully saturated rings. The maximum Gasteiger partial charge on any atom is 0.305 e. The Labute approximate surface area is 456 Å². The van der Waals surface area contributed by atoms with E-state index in [0.717, 1.165) is 64.2 Å². The summed E-state index contributed by atoms with van der Waals surface area (Å²) < 4.78 is 71.2. The standard InChI is InChI=1S/C60H110O15/c1-3-5-7-9-11-13-15-17-19-21-23-25-27-29-31-33-59(61)74-57-55-72-53-51-70-49-47-68-45-43-66-41-39-64-37-35-63-36-38-65-40-42-67-44-46-69-48-50-71-52-54-73-56-58-75-60(62)34-32-30-28-26-24-22-20-18-16-14-12-10-8-6-4-2/h11-14,17-20H,3-10,15-16,21-58H2,1-2H3/b13-11+,14-12+,19-17+,20-18+. The van der Waals surface area contributed by atoms with E-state index in [9.17, 15) is 9.59 Å². The summed E-state index contributed by atoms with van der Waals surface area (Å²) in [6, 6.07) is 0. The molecule has 0 aromatic carbocycles. The number of ether oxygens (including phenoxy) is 13. The van der Waals surface area contributed by atoms with Gasteiger partial charge in [-0.25, -0.2) is 0 Å². The van der Waals surface area contributed by atoms with Crippen LogP contribution in [0.2, 0.25) is 0 Å². The molecule has 75 heavy (non-hydrogen) atoms. The largest absolute Gasteiger partial charge is 0.463 e. The van der Waals surface area contributed by atoms with Gasteiger partial charge in [-0.2, -0.15) is 0 Å². The van der Waals surface area contributed by atoms with E-state index in [-0.39, 0.29) is 25.2 Å². The van der Waals surface area contributed by atoms with E-state index >= 15 is 0 Å². The first kappa shape index (κ1) is 72.5. The van der Waals surface area contributed by atoms with Crippen LogP contribution in [0.3, 0.4) is 0 Å². The van der Waals surface area contributed by atoms with Crippen LogP contribution in [0.25, 0.3) is 0 Å².